The molecule has 184 valence electrons. The Hall–Kier alpha value is -2.82. The highest BCUT2D eigenvalue weighted by Gasteiger charge is 2.52. The molecule has 0 unspecified atom stereocenters. The third-order valence-corrected chi connectivity index (χ3v) is 11.9. The first kappa shape index (κ1) is 25.3. The molecule has 1 N–H and O–H groups in total. The number of allylic oxidation sites excluding steroid dienone is 1. The molecule has 2 atom stereocenters. The molecule has 1 heterocycles. The third-order valence-electron chi connectivity index (χ3n) is 7.00. The normalized spacial score (nSPS) is 18.4. The highest BCUT2D eigenvalue weighted by atomic mass is 28.4. The van der Waals surface area contributed by atoms with Crippen LogP contribution in [0.5, 0.6) is 11.5 Å². The van der Waals surface area contributed by atoms with Gasteiger partial charge < -0.3 is 14.3 Å². The molecule has 0 bridgehead atoms. The van der Waals surface area contributed by atoms with Gasteiger partial charge in [-0.3, -0.25) is 0 Å². The maximum absolute atomic E-state index is 10.6. The predicted octanol–water partition coefficient (Wildman–Crippen LogP) is 6.13. The van der Waals surface area contributed by atoms with Crippen molar-refractivity contribution in [2.45, 2.75) is 71.1 Å². The zero-order valence-corrected chi connectivity index (χ0v) is 23.0. The Morgan fingerprint density at radius 3 is 1.86 bits per heavy atom. The second kappa shape index (κ2) is 9.33. The summed E-state index contributed by atoms with van der Waals surface area (Å²) in [5.41, 5.74) is 1.13. The Morgan fingerprint density at radius 1 is 0.829 bits per heavy atom. The van der Waals surface area contributed by atoms with Gasteiger partial charge in [0.15, 0.2) is 0 Å². The second-order valence-corrected chi connectivity index (χ2v) is 15.5. The second-order valence-electron chi connectivity index (χ2n) is 11.3. The van der Waals surface area contributed by atoms with Crippen molar-refractivity contribution in [3.63, 3.8) is 0 Å². The Morgan fingerprint density at radius 2 is 1.37 bits per heavy atom. The summed E-state index contributed by atoms with van der Waals surface area (Å²) < 4.78 is 13.6. The first-order valence-electron chi connectivity index (χ1n) is 12.5. The lowest BCUT2D eigenvalue weighted by Crippen LogP contribution is -2.68. The van der Waals surface area contributed by atoms with Crippen molar-refractivity contribution in [2.75, 3.05) is 0 Å². The van der Waals surface area contributed by atoms with Gasteiger partial charge >= 0.3 is 8.32 Å². The summed E-state index contributed by atoms with van der Waals surface area (Å²) in [6.07, 6.45) is 3.69. The molecule has 4 rings (SSSR count). The van der Waals surface area contributed by atoms with E-state index in [1.165, 1.54) is 10.4 Å². The summed E-state index contributed by atoms with van der Waals surface area (Å²) in [5.74, 6) is 1.84. The van der Waals surface area contributed by atoms with Crippen molar-refractivity contribution in [1.82, 2.24) is 0 Å². The van der Waals surface area contributed by atoms with Gasteiger partial charge in [0.2, 0.25) is 0 Å². The van der Waals surface area contributed by atoms with Gasteiger partial charge in [0.05, 0.1) is 5.60 Å². The van der Waals surface area contributed by atoms with Crippen molar-refractivity contribution in [2.24, 2.45) is 0 Å². The van der Waals surface area contributed by atoms with Crippen LogP contribution in [0.4, 0.5) is 0 Å². The van der Waals surface area contributed by atoms with Crippen LogP contribution in [-0.2, 0) is 0 Å². The number of aliphatic hydroxyl groups is 1. The van der Waals surface area contributed by atoms with Crippen LogP contribution in [-0.4, -0.2) is 25.1 Å². The number of rotatable bonds is 5. The Bertz CT molecular complexity index is 1150. The van der Waals surface area contributed by atoms with Crippen LogP contribution in [0.25, 0.3) is 0 Å². The van der Waals surface area contributed by atoms with E-state index in [0.717, 1.165) is 22.6 Å². The van der Waals surface area contributed by atoms with Gasteiger partial charge in [0, 0.05) is 11.5 Å². The van der Waals surface area contributed by atoms with Crippen molar-refractivity contribution in [3.8, 4) is 11.5 Å². The average Bonchev–Trinajstić information content (AvgIpc) is 2.96. The minimum Gasteiger partial charge on any atom is -0.534 e. The quantitative estimate of drug-likeness (QED) is 0.348. The summed E-state index contributed by atoms with van der Waals surface area (Å²) >= 11 is 0. The molecule has 0 spiro atoms. The van der Waals surface area contributed by atoms with E-state index in [1.54, 1.807) is 13.8 Å². The molecule has 35 heavy (non-hydrogen) atoms. The van der Waals surface area contributed by atoms with Gasteiger partial charge in [-0.2, -0.15) is 0 Å². The highest BCUT2D eigenvalue weighted by Crippen LogP contribution is 2.42. The van der Waals surface area contributed by atoms with E-state index in [9.17, 15) is 5.11 Å². The molecule has 1 aliphatic heterocycles. The molecule has 0 saturated heterocycles. The van der Waals surface area contributed by atoms with E-state index < -0.39 is 20.0 Å². The fraction of sp³-hybridized carbons (Fsp3) is 0.355. The molecule has 0 saturated carbocycles. The van der Waals surface area contributed by atoms with E-state index in [2.05, 4.69) is 113 Å². The van der Waals surface area contributed by atoms with E-state index in [-0.39, 0.29) is 11.0 Å². The summed E-state index contributed by atoms with van der Waals surface area (Å²) in [6, 6.07) is 25.6. The first-order valence-corrected chi connectivity index (χ1v) is 14.4. The average molecular weight is 487 g/mol. The molecule has 0 aliphatic carbocycles. The van der Waals surface area contributed by atoms with E-state index in [4.69, 9.17) is 9.16 Å². The molecule has 4 heteroatoms. The predicted molar refractivity (Wildman–Crippen MR) is 148 cm³/mol. The topological polar surface area (TPSA) is 38.7 Å². The lowest BCUT2D eigenvalue weighted by atomic mass is 9.97. The van der Waals surface area contributed by atoms with Crippen LogP contribution >= 0.6 is 0 Å². The van der Waals surface area contributed by atoms with Crippen LogP contribution < -0.4 is 19.5 Å². The molecule has 0 amide bonds. The van der Waals surface area contributed by atoms with E-state index in [1.807, 2.05) is 6.08 Å². The van der Waals surface area contributed by atoms with Gasteiger partial charge in [-0.05, 0) is 60.0 Å². The number of benzene rings is 3. The number of ether oxygens (including phenoxy) is 1. The minimum atomic E-state index is -2.74. The molecule has 1 aliphatic rings. The van der Waals surface area contributed by atoms with Crippen LogP contribution in [0.15, 0.2) is 84.9 Å². The monoisotopic (exact) mass is 486 g/mol. The third kappa shape index (κ3) is 4.82. The highest BCUT2D eigenvalue weighted by molar-refractivity contribution is 7.00. The lowest BCUT2D eigenvalue weighted by molar-refractivity contribution is -0.00963. The van der Waals surface area contributed by atoms with Crippen molar-refractivity contribution in [1.29, 1.82) is 0 Å². The molecule has 3 aromatic carbocycles. The first-order chi connectivity index (χ1) is 16.4. The molecular formula is C31H38O3Si. The molecular weight excluding hydrogens is 448 g/mol. The van der Waals surface area contributed by atoms with Crippen LogP contribution in [0, 0.1) is 6.92 Å². The molecule has 0 fully saturated rings. The zero-order chi connectivity index (χ0) is 25.4. The summed E-state index contributed by atoms with van der Waals surface area (Å²) in [4.78, 5) is 0. The van der Waals surface area contributed by atoms with Gasteiger partial charge in [-0.15, -0.1) is 0 Å². The van der Waals surface area contributed by atoms with Gasteiger partial charge in [-0.1, -0.05) is 94.4 Å². The summed E-state index contributed by atoms with van der Waals surface area (Å²) in [6.45, 7) is 14.7. The van der Waals surface area contributed by atoms with E-state index >= 15 is 0 Å². The Balaban J connectivity index is 1.89. The lowest BCUT2D eigenvalue weighted by Gasteiger charge is -2.43. The summed E-state index contributed by atoms with van der Waals surface area (Å²) in [5, 5.41) is 13.0. The minimum absolute atomic E-state index is 0.122. The maximum atomic E-state index is 10.6. The van der Waals surface area contributed by atoms with Crippen LogP contribution in [0.2, 0.25) is 5.04 Å². The van der Waals surface area contributed by atoms with Gasteiger partial charge in [0.25, 0.3) is 0 Å². The fourth-order valence-corrected chi connectivity index (χ4v) is 9.47. The largest absolute Gasteiger partial charge is 0.534 e. The van der Waals surface area contributed by atoms with Crippen molar-refractivity contribution < 1.29 is 14.3 Å². The Labute approximate surface area is 211 Å². The zero-order valence-electron chi connectivity index (χ0n) is 22.0. The SMILES string of the molecule is Cc1cc2c(cc1O[Si](c1ccccc1)(c1ccccc1)C(C)(C)C)[C@H](C)C=C[C@H](C(C)(C)O)O2. The molecule has 3 aromatic rings. The standard InChI is InChI=1S/C31H38O3Si/c1-22-18-19-29(31(6,7)32)33-28-20-23(2)27(21-26(22)28)34-35(30(3,4)5,24-14-10-8-11-15-24)25-16-12-9-13-17-25/h8-22,29,32H,1-7H3/t22-,29-/m1/s1. The van der Waals surface area contributed by atoms with Gasteiger partial charge in [-0.25, -0.2) is 0 Å². The summed E-state index contributed by atoms with van der Waals surface area (Å²) in [7, 11) is -2.74. The number of fused-ring (bicyclic) bond motifs is 1. The smallest absolute Gasteiger partial charge is 0.319 e. The Kier molecular flexibility index (Phi) is 6.73. The molecule has 0 aromatic heterocycles. The fourth-order valence-electron chi connectivity index (χ4n) is 4.99. The van der Waals surface area contributed by atoms with Crippen LogP contribution in [0.1, 0.15) is 58.6 Å². The van der Waals surface area contributed by atoms with E-state index in [0.29, 0.717) is 0 Å². The van der Waals surface area contributed by atoms with Gasteiger partial charge in [0.1, 0.15) is 17.6 Å². The maximum Gasteiger partial charge on any atom is 0.319 e. The molecule has 3 nitrogen and oxygen atoms in total. The van der Waals surface area contributed by atoms with Crippen LogP contribution in [0.3, 0.4) is 0 Å². The molecule has 0 radical (unpaired) electrons. The number of hydrogen-bond acceptors (Lipinski definition) is 3. The number of aryl methyl sites for hydroxylation is 1. The number of hydrogen-bond donors (Lipinski definition) is 1. The van der Waals surface area contributed by atoms with Crippen molar-refractivity contribution >= 4 is 18.7 Å². The van der Waals surface area contributed by atoms with Crippen molar-refractivity contribution in [3.05, 3.63) is 96.1 Å².